The van der Waals surface area contributed by atoms with Crippen LogP contribution in [0.4, 0.5) is 0 Å². The molecular weight excluding hydrogens is 264 g/mol. The van der Waals surface area contributed by atoms with Gasteiger partial charge in [0.2, 0.25) is 5.91 Å². The van der Waals surface area contributed by atoms with E-state index >= 15 is 0 Å². The van der Waals surface area contributed by atoms with Crippen molar-refractivity contribution in [2.45, 2.75) is 20.3 Å². The normalized spacial score (nSPS) is 20.4. The fourth-order valence-electron chi connectivity index (χ4n) is 2.20. The van der Waals surface area contributed by atoms with E-state index in [1.165, 1.54) is 0 Å². The Kier molecular flexibility index (Phi) is 4.90. The molecule has 2 rings (SSSR count). The molecule has 1 fully saturated rings. The first-order chi connectivity index (χ1) is 9.10. The van der Waals surface area contributed by atoms with Crippen LogP contribution in [0.2, 0.25) is 0 Å². The average Bonchev–Trinajstić information content (AvgIpc) is 2.59. The number of thiazole rings is 1. The largest absolute Gasteiger partial charge is 0.396 e. The molecule has 1 aliphatic rings. The highest BCUT2D eigenvalue weighted by Crippen LogP contribution is 2.19. The van der Waals surface area contributed by atoms with Crippen molar-refractivity contribution in [3.05, 3.63) is 15.6 Å². The van der Waals surface area contributed by atoms with E-state index < -0.39 is 0 Å². The Morgan fingerprint density at radius 3 is 3.00 bits per heavy atom. The van der Waals surface area contributed by atoms with Crippen LogP contribution in [0.5, 0.6) is 0 Å². The molecule has 0 bridgehead atoms. The fourth-order valence-corrected chi connectivity index (χ4v) is 3.13. The van der Waals surface area contributed by atoms with Gasteiger partial charge >= 0.3 is 0 Å². The maximum Gasteiger partial charge on any atom is 0.227 e. The lowest BCUT2D eigenvalue weighted by Gasteiger charge is -2.22. The monoisotopic (exact) mass is 284 g/mol. The minimum atomic E-state index is 0.0238. The standard InChI is InChI=1S/C13H20N2O3S/c1-9-12(19-10(2)14-9)5-13(17)15-3-4-18-8-11(6-15)7-16/h11,16H,3-8H2,1-2H3. The van der Waals surface area contributed by atoms with Crippen molar-refractivity contribution in [2.24, 2.45) is 5.92 Å². The Morgan fingerprint density at radius 2 is 2.37 bits per heavy atom. The van der Waals surface area contributed by atoms with Crippen LogP contribution in [0.15, 0.2) is 0 Å². The summed E-state index contributed by atoms with van der Waals surface area (Å²) in [6.45, 7) is 6.20. The summed E-state index contributed by atoms with van der Waals surface area (Å²) < 4.78 is 5.39. The topological polar surface area (TPSA) is 62.7 Å². The highest BCUT2D eigenvalue weighted by atomic mass is 32.1. The molecular formula is C13H20N2O3S. The van der Waals surface area contributed by atoms with Crippen LogP contribution in [-0.4, -0.2) is 53.8 Å². The highest BCUT2D eigenvalue weighted by Gasteiger charge is 2.23. The number of aliphatic hydroxyl groups excluding tert-OH is 1. The molecule has 0 aliphatic carbocycles. The highest BCUT2D eigenvalue weighted by molar-refractivity contribution is 7.11. The predicted molar refractivity (Wildman–Crippen MR) is 73.3 cm³/mol. The van der Waals surface area contributed by atoms with Crippen LogP contribution in [0.1, 0.15) is 15.6 Å². The molecule has 5 nitrogen and oxygen atoms in total. The Morgan fingerprint density at radius 1 is 1.58 bits per heavy atom. The van der Waals surface area contributed by atoms with Crippen molar-refractivity contribution in [1.29, 1.82) is 0 Å². The molecule has 1 atom stereocenters. The third-order valence-corrected chi connectivity index (χ3v) is 4.33. The number of nitrogens with zero attached hydrogens (tertiary/aromatic N) is 2. The quantitative estimate of drug-likeness (QED) is 0.890. The third-order valence-electron chi connectivity index (χ3n) is 3.26. The van der Waals surface area contributed by atoms with E-state index in [2.05, 4.69) is 4.98 Å². The number of aryl methyl sites for hydroxylation is 2. The summed E-state index contributed by atoms with van der Waals surface area (Å²) in [6.07, 6.45) is 0.398. The fraction of sp³-hybridized carbons (Fsp3) is 0.692. The maximum absolute atomic E-state index is 12.3. The van der Waals surface area contributed by atoms with E-state index in [1.54, 1.807) is 16.2 Å². The van der Waals surface area contributed by atoms with Gasteiger partial charge in [-0.3, -0.25) is 4.79 Å². The smallest absolute Gasteiger partial charge is 0.227 e. The number of carbonyl (C=O) groups is 1. The number of aliphatic hydroxyl groups is 1. The van der Waals surface area contributed by atoms with E-state index in [4.69, 9.17) is 4.74 Å². The van der Waals surface area contributed by atoms with Gasteiger partial charge in [0.25, 0.3) is 0 Å². The van der Waals surface area contributed by atoms with Gasteiger partial charge in [0.15, 0.2) is 0 Å². The number of hydrogen-bond donors (Lipinski definition) is 1. The molecule has 2 heterocycles. The third kappa shape index (κ3) is 3.75. The zero-order valence-electron chi connectivity index (χ0n) is 11.4. The van der Waals surface area contributed by atoms with Crippen LogP contribution >= 0.6 is 11.3 Å². The number of hydrogen-bond acceptors (Lipinski definition) is 5. The number of ether oxygens (including phenoxy) is 1. The molecule has 0 radical (unpaired) electrons. The van der Waals surface area contributed by atoms with E-state index in [-0.39, 0.29) is 18.4 Å². The van der Waals surface area contributed by atoms with Gasteiger partial charge in [-0.15, -0.1) is 11.3 Å². The van der Waals surface area contributed by atoms with Crippen molar-refractivity contribution < 1.29 is 14.6 Å². The van der Waals surface area contributed by atoms with Gasteiger partial charge in [0.1, 0.15) is 0 Å². The van der Waals surface area contributed by atoms with Crippen LogP contribution in [0, 0.1) is 19.8 Å². The Hall–Kier alpha value is -0.980. The summed E-state index contributed by atoms with van der Waals surface area (Å²) in [5.74, 6) is 0.117. The molecule has 1 aromatic heterocycles. The van der Waals surface area contributed by atoms with E-state index in [1.807, 2.05) is 13.8 Å². The lowest BCUT2D eigenvalue weighted by molar-refractivity contribution is -0.130. The first kappa shape index (κ1) is 14.4. The Bertz CT molecular complexity index is 447. The second-order valence-electron chi connectivity index (χ2n) is 4.88. The molecule has 106 valence electrons. The lowest BCUT2D eigenvalue weighted by atomic mass is 10.1. The Labute approximate surface area is 117 Å². The van der Waals surface area contributed by atoms with Crippen LogP contribution < -0.4 is 0 Å². The first-order valence-corrected chi connectivity index (χ1v) is 7.31. The number of carbonyl (C=O) groups excluding carboxylic acids is 1. The van der Waals surface area contributed by atoms with Crippen molar-refractivity contribution in [3.63, 3.8) is 0 Å². The van der Waals surface area contributed by atoms with Crippen molar-refractivity contribution in [1.82, 2.24) is 9.88 Å². The van der Waals surface area contributed by atoms with Gasteiger partial charge < -0.3 is 14.7 Å². The summed E-state index contributed by atoms with van der Waals surface area (Å²) in [5, 5.41) is 10.2. The maximum atomic E-state index is 12.3. The second-order valence-corrected chi connectivity index (χ2v) is 6.17. The number of rotatable bonds is 3. The van der Waals surface area contributed by atoms with Gasteiger partial charge in [-0.1, -0.05) is 0 Å². The summed E-state index contributed by atoms with van der Waals surface area (Å²) in [7, 11) is 0. The molecule has 6 heteroatoms. The van der Waals surface area contributed by atoms with Gasteiger partial charge in [0.05, 0.1) is 30.3 Å². The molecule has 1 aliphatic heterocycles. The molecule has 1 unspecified atom stereocenters. The first-order valence-electron chi connectivity index (χ1n) is 6.49. The summed E-state index contributed by atoms with van der Waals surface area (Å²) in [5.41, 5.74) is 0.945. The van der Waals surface area contributed by atoms with Gasteiger partial charge in [0, 0.05) is 30.5 Å². The summed E-state index contributed by atoms with van der Waals surface area (Å²) in [4.78, 5) is 19.5. The average molecular weight is 284 g/mol. The minimum Gasteiger partial charge on any atom is -0.396 e. The Balaban J connectivity index is 2.00. The molecule has 1 aromatic rings. The lowest BCUT2D eigenvalue weighted by Crippen LogP contribution is -2.37. The number of amides is 1. The zero-order valence-corrected chi connectivity index (χ0v) is 12.2. The van der Waals surface area contributed by atoms with Crippen molar-refractivity contribution >= 4 is 17.2 Å². The molecule has 0 aromatic carbocycles. The molecule has 1 saturated heterocycles. The SMILES string of the molecule is Cc1nc(C)c(CC(=O)N2CCOCC(CO)C2)s1. The molecule has 1 N–H and O–H groups in total. The molecule has 1 amide bonds. The van der Waals surface area contributed by atoms with Gasteiger partial charge in [-0.2, -0.15) is 0 Å². The number of aromatic nitrogens is 1. The molecule has 0 saturated carbocycles. The van der Waals surface area contributed by atoms with E-state index in [0.717, 1.165) is 15.6 Å². The van der Waals surface area contributed by atoms with Crippen molar-refractivity contribution in [3.8, 4) is 0 Å². The van der Waals surface area contributed by atoms with Crippen LogP contribution in [0.25, 0.3) is 0 Å². The summed E-state index contributed by atoms with van der Waals surface area (Å²) >= 11 is 1.58. The minimum absolute atomic E-state index is 0.0238. The summed E-state index contributed by atoms with van der Waals surface area (Å²) in [6, 6.07) is 0. The van der Waals surface area contributed by atoms with Gasteiger partial charge in [-0.05, 0) is 13.8 Å². The van der Waals surface area contributed by atoms with Crippen molar-refractivity contribution in [2.75, 3.05) is 32.9 Å². The zero-order chi connectivity index (χ0) is 13.8. The van der Waals surface area contributed by atoms with E-state index in [0.29, 0.717) is 32.7 Å². The van der Waals surface area contributed by atoms with Crippen LogP contribution in [-0.2, 0) is 16.0 Å². The molecule has 19 heavy (non-hydrogen) atoms. The molecule has 0 spiro atoms. The predicted octanol–water partition coefficient (Wildman–Crippen LogP) is 0.770. The van der Waals surface area contributed by atoms with E-state index in [9.17, 15) is 9.90 Å². The van der Waals surface area contributed by atoms with Crippen LogP contribution in [0.3, 0.4) is 0 Å². The van der Waals surface area contributed by atoms with Gasteiger partial charge in [-0.25, -0.2) is 4.98 Å². The second kappa shape index (κ2) is 6.45.